The average molecular weight is 427 g/mol. The van der Waals surface area contributed by atoms with Crippen molar-refractivity contribution >= 4 is 21.6 Å². The largest absolute Gasteiger partial charge is 0.439 e. The van der Waals surface area contributed by atoms with E-state index in [9.17, 15) is 17.6 Å². The lowest BCUT2D eigenvalue weighted by molar-refractivity contribution is -0.116. The Balaban J connectivity index is 1.41. The Morgan fingerprint density at radius 1 is 1.10 bits per heavy atom. The predicted octanol–water partition coefficient (Wildman–Crippen LogP) is 3.38. The van der Waals surface area contributed by atoms with Crippen molar-refractivity contribution in [3.63, 3.8) is 0 Å². The molecule has 1 aromatic heterocycles. The second-order valence-corrected chi connectivity index (χ2v) is 8.52. The van der Waals surface area contributed by atoms with E-state index in [0.29, 0.717) is 29.8 Å². The Morgan fingerprint density at radius 2 is 1.97 bits per heavy atom. The van der Waals surface area contributed by atoms with E-state index in [1.807, 2.05) is 0 Å². The van der Waals surface area contributed by atoms with Crippen LogP contribution in [0.5, 0.6) is 11.6 Å². The highest BCUT2D eigenvalue weighted by Gasteiger charge is 2.19. The molecule has 0 fully saturated rings. The highest BCUT2D eigenvalue weighted by molar-refractivity contribution is 7.89. The Hall–Kier alpha value is -3.30. The van der Waals surface area contributed by atoms with Crippen LogP contribution in [0.15, 0.2) is 65.7 Å². The van der Waals surface area contributed by atoms with Gasteiger partial charge in [-0.15, -0.1) is 0 Å². The minimum Gasteiger partial charge on any atom is -0.439 e. The van der Waals surface area contributed by atoms with Crippen LogP contribution >= 0.6 is 0 Å². The summed E-state index contributed by atoms with van der Waals surface area (Å²) < 4.78 is 46.5. The number of pyridine rings is 1. The van der Waals surface area contributed by atoms with Crippen LogP contribution in [0.1, 0.15) is 17.5 Å². The average Bonchev–Trinajstić information content (AvgIpc) is 2.73. The molecule has 7 nitrogen and oxygen atoms in total. The van der Waals surface area contributed by atoms with Gasteiger partial charge in [0.2, 0.25) is 21.8 Å². The predicted molar refractivity (Wildman–Crippen MR) is 108 cm³/mol. The van der Waals surface area contributed by atoms with Gasteiger partial charge in [-0.05, 0) is 47.9 Å². The third kappa shape index (κ3) is 4.64. The first-order chi connectivity index (χ1) is 14.4. The second-order valence-electron chi connectivity index (χ2n) is 6.76. The fourth-order valence-corrected chi connectivity index (χ4v) is 4.08. The third-order valence-corrected chi connectivity index (χ3v) is 5.96. The van der Waals surface area contributed by atoms with Crippen LogP contribution in [0.2, 0.25) is 0 Å². The van der Waals surface area contributed by atoms with Crippen LogP contribution in [0.3, 0.4) is 0 Å². The molecule has 154 valence electrons. The van der Waals surface area contributed by atoms with Crippen molar-refractivity contribution in [2.45, 2.75) is 24.3 Å². The number of aromatic nitrogens is 1. The summed E-state index contributed by atoms with van der Waals surface area (Å²) in [6.45, 7) is 0.0450. The molecule has 4 rings (SSSR count). The number of halogens is 1. The van der Waals surface area contributed by atoms with E-state index in [4.69, 9.17) is 4.74 Å². The quantitative estimate of drug-likeness (QED) is 0.629. The summed E-state index contributed by atoms with van der Waals surface area (Å²) in [4.78, 5) is 15.7. The van der Waals surface area contributed by atoms with Crippen molar-refractivity contribution in [1.82, 2.24) is 9.71 Å². The SMILES string of the molecule is O=C1CCc2cc(S(=O)(=O)NCc3ccc(Oc4cccc(F)c4)nc3)ccc2N1. The van der Waals surface area contributed by atoms with Gasteiger partial charge in [0, 0.05) is 37.0 Å². The van der Waals surface area contributed by atoms with E-state index in [1.165, 1.54) is 30.5 Å². The number of fused-ring (bicyclic) bond motifs is 1. The Morgan fingerprint density at radius 3 is 2.73 bits per heavy atom. The number of anilines is 1. The van der Waals surface area contributed by atoms with Gasteiger partial charge in [0.05, 0.1) is 4.90 Å². The maximum atomic E-state index is 13.2. The number of carbonyl (C=O) groups is 1. The molecule has 2 N–H and O–H groups in total. The van der Waals surface area contributed by atoms with E-state index in [1.54, 1.807) is 30.3 Å². The van der Waals surface area contributed by atoms with Crippen LogP contribution in [0, 0.1) is 5.82 Å². The van der Waals surface area contributed by atoms with Gasteiger partial charge in [0.1, 0.15) is 11.6 Å². The molecule has 0 saturated heterocycles. The van der Waals surface area contributed by atoms with E-state index in [-0.39, 0.29) is 23.2 Å². The van der Waals surface area contributed by atoms with Crippen LogP contribution in [0.25, 0.3) is 0 Å². The number of sulfonamides is 1. The number of ether oxygens (including phenoxy) is 1. The van der Waals surface area contributed by atoms with Gasteiger partial charge in [0.25, 0.3) is 0 Å². The zero-order valence-electron chi connectivity index (χ0n) is 15.8. The topological polar surface area (TPSA) is 97.4 Å². The number of amides is 1. The van der Waals surface area contributed by atoms with Crippen LogP contribution in [-0.4, -0.2) is 19.3 Å². The van der Waals surface area contributed by atoms with Gasteiger partial charge in [-0.1, -0.05) is 12.1 Å². The molecule has 1 amide bonds. The minimum absolute atomic E-state index is 0.0450. The van der Waals surface area contributed by atoms with Gasteiger partial charge in [-0.2, -0.15) is 0 Å². The zero-order chi connectivity index (χ0) is 21.1. The van der Waals surface area contributed by atoms with Crippen LogP contribution in [-0.2, 0) is 27.8 Å². The van der Waals surface area contributed by atoms with Crippen molar-refractivity contribution in [2.24, 2.45) is 0 Å². The first-order valence-corrected chi connectivity index (χ1v) is 10.7. The van der Waals surface area contributed by atoms with Crippen molar-refractivity contribution in [2.75, 3.05) is 5.32 Å². The molecule has 0 spiro atoms. The van der Waals surface area contributed by atoms with Gasteiger partial charge < -0.3 is 10.1 Å². The van der Waals surface area contributed by atoms with Gasteiger partial charge in [-0.25, -0.2) is 22.5 Å². The Bertz CT molecular complexity index is 1200. The third-order valence-electron chi connectivity index (χ3n) is 4.56. The number of hydrogen-bond donors (Lipinski definition) is 2. The summed E-state index contributed by atoms with van der Waals surface area (Å²) in [5.41, 5.74) is 2.07. The van der Waals surface area contributed by atoms with E-state index in [2.05, 4.69) is 15.0 Å². The second kappa shape index (κ2) is 8.21. The van der Waals surface area contributed by atoms with Crippen molar-refractivity contribution < 1.29 is 22.3 Å². The van der Waals surface area contributed by atoms with Gasteiger partial charge in [-0.3, -0.25) is 4.79 Å². The highest BCUT2D eigenvalue weighted by atomic mass is 32.2. The molecule has 3 aromatic rings. The lowest BCUT2D eigenvalue weighted by Crippen LogP contribution is -2.24. The number of nitrogens with one attached hydrogen (secondary N) is 2. The molecule has 0 radical (unpaired) electrons. The van der Waals surface area contributed by atoms with Crippen molar-refractivity contribution in [3.05, 3.63) is 77.7 Å². The summed E-state index contributed by atoms with van der Waals surface area (Å²) >= 11 is 0. The lowest BCUT2D eigenvalue weighted by atomic mass is 10.0. The molecule has 2 aromatic carbocycles. The summed E-state index contributed by atoms with van der Waals surface area (Å²) in [7, 11) is -3.73. The number of aryl methyl sites for hydroxylation is 1. The molecule has 0 unspecified atom stereocenters. The van der Waals surface area contributed by atoms with Crippen molar-refractivity contribution in [3.8, 4) is 11.6 Å². The molecule has 30 heavy (non-hydrogen) atoms. The summed E-state index contributed by atoms with van der Waals surface area (Å²) in [5.74, 6) is 0.0973. The standard InChI is InChI=1S/C21H18FN3O4S/c22-16-2-1-3-17(11-16)29-21-9-4-14(12-23-21)13-24-30(27,28)18-6-7-19-15(10-18)5-8-20(26)25-19/h1-4,6-7,9-12,24H,5,8,13H2,(H,25,26). The van der Waals surface area contributed by atoms with E-state index in [0.717, 1.165) is 5.56 Å². The monoisotopic (exact) mass is 427 g/mol. The Kier molecular flexibility index (Phi) is 5.47. The molecular formula is C21H18FN3O4S. The number of hydrogen-bond acceptors (Lipinski definition) is 5. The normalized spacial score (nSPS) is 13.4. The Labute approximate surface area is 173 Å². The number of benzene rings is 2. The van der Waals surface area contributed by atoms with Crippen LogP contribution in [0.4, 0.5) is 10.1 Å². The summed E-state index contributed by atoms with van der Waals surface area (Å²) in [6.07, 6.45) is 2.32. The highest BCUT2D eigenvalue weighted by Crippen LogP contribution is 2.25. The van der Waals surface area contributed by atoms with Gasteiger partial charge in [0.15, 0.2) is 0 Å². The fourth-order valence-electron chi connectivity index (χ4n) is 3.02. The molecule has 1 aliphatic rings. The first kappa shape index (κ1) is 20.0. The molecule has 0 saturated carbocycles. The maximum absolute atomic E-state index is 13.2. The fraction of sp³-hybridized carbons (Fsp3) is 0.143. The molecule has 1 aliphatic heterocycles. The number of rotatable bonds is 6. The van der Waals surface area contributed by atoms with Crippen molar-refractivity contribution in [1.29, 1.82) is 0 Å². The molecule has 0 aliphatic carbocycles. The molecule has 0 atom stereocenters. The molecule has 9 heteroatoms. The van der Waals surface area contributed by atoms with Crippen LogP contribution < -0.4 is 14.8 Å². The zero-order valence-corrected chi connectivity index (χ0v) is 16.6. The summed E-state index contributed by atoms with van der Waals surface area (Å²) in [5, 5.41) is 2.73. The number of carbonyl (C=O) groups excluding carboxylic acids is 1. The first-order valence-electron chi connectivity index (χ1n) is 9.20. The van der Waals surface area contributed by atoms with Gasteiger partial charge >= 0.3 is 0 Å². The lowest BCUT2D eigenvalue weighted by Gasteiger charge is -2.17. The molecular weight excluding hydrogens is 409 g/mol. The van der Waals surface area contributed by atoms with E-state index >= 15 is 0 Å². The van der Waals surface area contributed by atoms with E-state index < -0.39 is 15.8 Å². The summed E-state index contributed by atoms with van der Waals surface area (Å²) in [6, 6.07) is 13.6. The molecule has 2 heterocycles. The molecule has 0 bridgehead atoms. The smallest absolute Gasteiger partial charge is 0.240 e. The maximum Gasteiger partial charge on any atom is 0.240 e. The number of nitrogens with zero attached hydrogens (tertiary/aromatic N) is 1. The minimum atomic E-state index is -3.73.